The molecule has 1 heterocycles. The molecule has 2 rings (SSSR count). The van der Waals surface area contributed by atoms with E-state index >= 15 is 0 Å². The molecule has 0 radical (unpaired) electrons. The summed E-state index contributed by atoms with van der Waals surface area (Å²) in [4.78, 5) is 17.3. The van der Waals surface area contributed by atoms with Crippen molar-refractivity contribution in [1.82, 2.24) is 4.57 Å². The fourth-order valence-electron chi connectivity index (χ4n) is 2.07. The highest BCUT2D eigenvalue weighted by Gasteiger charge is 2.23. The number of aromatic nitrogens is 1. The summed E-state index contributed by atoms with van der Waals surface area (Å²) < 4.78 is 14.8. The molecule has 0 saturated carbocycles. The second-order valence-corrected chi connectivity index (χ2v) is 5.79. The SMILES string of the molecule is CCC(C(=O)O)c1s/c(=N/c2ccc(F)cc2)n(C)c1C. The first kappa shape index (κ1) is 15.4. The second-order valence-electron chi connectivity index (χ2n) is 4.78. The van der Waals surface area contributed by atoms with Crippen LogP contribution in [-0.2, 0) is 11.8 Å². The van der Waals surface area contributed by atoms with E-state index < -0.39 is 11.9 Å². The third kappa shape index (κ3) is 3.21. The molecule has 0 spiro atoms. The van der Waals surface area contributed by atoms with Gasteiger partial charge in [-0.15, -0.1) is 11.3 Å². The van der Waals surface area contributed by atoms with Crippen LogP contribution >= 0.6 is 11.3 Å². The average molecular weight is 308 g/mol. The zero-order valence-corrected chi connectivity index (χ0v) is 12.9. The monoisotopic (exact) mass is 308 g/mol. The average Bonchev–Trinajstić information content (AvgIpc) is 2.71. The summed E-state index contributed by atoms with van der Waals surface area (Å²) in [5, 5.41) is 9.30. The molecular formula is C15H17FN2O2S. The summed E-state index contributed by atoms with van der Waals surface area (Å²) in [6.45, 7) is 3.75. The molecule has 0 aliphatic heterocycles. The molecule has 6 heteroatoms. The van der Waals surface area contributed by atoms with Crippen LogP contribution in [0.25, 0.3) is 0 Å². The Morgan fingerprint density at radius 3 is 2.57 bits per heavy atom. The standard InChI is InChI=1S/C15H17FN2O2S/c1-4-12(14(19)20)13-9(2)18(3)15(21-13)17-11-7-5-10(16)6-8-11/h5-8,12H,4H2,1-3H3,(H,19,20)/b17-15+. The number of benzene rings is 1. The normalized spacial score (nSPS) is 13.4. The molecule has 21 heavy (non-hydrogen) atoms. The molecule has 0 saturated heterocycles. The number of nitrogens with zero attached hydrogens (tertiary/aromatic N) is 2. The molecule has 1 aromatic carbocycles. The third-order valence-corrected chi connectivity index (χ3v) is 4.77. The van der Waals surface area contributed by atoms with Gasteiger partial charge in [-0.25, -0.2) is 9.38 Å². The molecule has 1 N–H and O–H groups in total. The molecule has 112 valence electrons. The first-order valence-electron chi connectivity index (χ1n) is 6.63. The van der Waals surface area contributed by atoms with Gasteiger partial charge in [0.05, 0.1) is 11.6 Å². The Balaban J connectivity index is 2.51. The van der Waals surface area contributed by atoms with Crippen LogP contribution in [0.2, 0.25) is 0 Å². The van der Waals surface area contributed by atoms with Crippen molar-refractivity contribution < 1.29 is 14.3 Å². The van der Waals surface area contributed by atoms with Crippen LogP contribution in [0.1, 0.15) is 29.8 Å². The van der Waals surface area contributed by atoms with Gasteiger partial charge < -0.3 is 9.67 Å². The molecule has 2 aromatic rings. The number of carbonyl (C=O) groups is 1. The zero-order valence-electron chi connectivity index (χ0n) is 12.1. The van der Waals surface area contributed by atoms with E-state index in [4.69, 9.17) is 0 Å². The van der Waals surface area contributed by atoms with E-state index in [1.54, 1.807) is 12.1 Å². The van der Waals surface area contributed by atoms with Crippen molar-refractivity contribution in [3.63, 3.8) is 0 Å². The lowest BCUT2D eigenvalue weighted by atomic mass is 10.0. The Morgan fingerprint density at radius 1 is 1.43 bits per heavy atom. The maximum atomic E-state index is 12.9. The smallest absolute Gasteiger partial charge is 0.311 e. The molecule has 1 atom stereocenters. The van der Waals surface area contributed by atoms with Crippen molar-refractivity contribution in [2.75, 3.05) is 0 Å². The van der Waals surface area contributed by atoms with Crippen LogP contribution in [0.3, 0.4) is 0 Å². The summed E-state index contributed by atoms with van der Waals surface area (Å²) in [6.07, 6.45) is 0.534. The number of carboxylic acid groups (broad SMARTS) is 1. The van der Waals surface area contributed by atoms with Crippen molar-refractivity contribution in [3.8, 4) is 0 Å². The molecule has 0 bridgehead atoms. The Bertz CT molecular complexity index is 716. The quantitative estimate of drug-likeness (QED) is 0.941. The van der Waals surface area contributed by atoms with Gasteiger partial charge in [-0.3, -0.25) is 4.79 Å². The molecule has 4 nitrogen and oxygen atoms in total. The predicted molar refractivity (Wildman–Crippen MR) is 80.3 cm³/mol. The Hall–Kier alpha value is -1.95. The van der Waals surface area contributed by atoms with Gasteiger partial charge in [0.15, 0.2) is 4.80 Å². The van der Waals surface area contributed by atoms with Gasteiger partial charge >= 0.3 is 5.97 Å². The van der Waals surface area contributed by atoms with Crippen LogP contribution in [0.15, 0.2) is 29.3 Å². The summed E-state index contributed by atoms with van der Waals surface area (Å²) in [5.41, 5.74) is 1.54. The lowest BCUT2D eigenvalue weighted by Gasteiger charge is -2.08. The lowest BCUT2D eigenvalue weighted by Crippen LogP contribution is -2.12. The fourth-order valence-corrected chi connectivity index (χ4v) is 3.38. The minimum atomic E-state index is -0.823. The Kier molecular flexibility index (Phi) is 4.57. The Morgan fingerprint density at radius 2 is 2.05 bits per heavy atom. The third-order valence-electron chi connectivity index (χ3n) is 3.42. The number of thiazole rings is 1. The van der Waals surface area contributed by atoms with Gasteiger partial charge in [0.1, 0.15) is 5.82 Å². The first-order valence-corrected chi connectivity index (χ1v) is 7.45. The first-order chi connectivity index (χ1) is 9.93. The van der Waals surface area contributed by atoms with Crippen LogP contribution in [0.5, 0.6) is 0 Å². The van der Waals surface area contributed by atoms with Gasteiger partial charge in [-0.2, -0.15) is 0 Å². The number of carboxylic acids is 1. The van der Waals surface area contributed by atoms with Gasteiger partial charge in [0.25, 0.3) is 0 Å². The van der Waals surface area contributed by atoms with E-state index in [2.05, 4.69) is 4.99 Å². The predicted octanol–water partition coefficient (Wildman–Crippen LogP) is 3.34. The largest absolute Gasteiger partial charge is 0.481 e. The molecule has 0 fully saturated rings. The minimum Gasteiger partial charge on any atom is -0.481 e. The lowest BCUT2D eigenvalue weighted by molar-refractivity contribution is -0.138. The number of rotatable bonds is 4. The zero-order chi connectivity index (χ0) is 15.6. The number of aliphatic carboxylic acids is 1. The van der Waals surface area contributed by atoms with E-state index in [1.807, 2.05) is 25.5 Å². The molecule has 1 aromatic heterocycles. The highest BCUT2D eigenvalue weighted by atomic mass is 32.1. The van der Waals surface area contributed by atoms with E-state index in [0.29, 0.717) is 16.9 Å². The highest BCUT2D eigenvalue weighted by molar-refractivity contribution is 7.09. The van der Waals surface area contributed by atoms with Crippen molar-refractivity contribution in [3.05, 3.63) is 45.5 Å². The van der Waals surface area contributed by atoms with Crippen molar-refractivity contribution in [1.29, 1.82) is 0 Å². The number of hydrogen-bond donors (Lipinski definition) is 1. The second kappa shape index (κ2) is 6.22. The number of hydrogen-bond acceptors (Lipinski definition) is 3. The van der Waals surface area contributed by atoms with Crippen LogP contribution in [0.4, 0.5) is 10.1 Å². The molecule has 0 aliphatic carbocycles. The summed E-state index contributed by atoms with van der Waals surface area (Å²) >= 11 is 1.37. The van der Waals surface area contributed by atoms with Crippen molar-refractivity contribution in [2.24, 2.45) is 12.0 Å². The van der Waals surface area contributed by atoms with Crippen LogP contribution < -0.4 is 4.80 Å². The van der Waals surface area contributed by atoms with E-state index in [1.165, 1.54) is 23.5 Å². The van der Waals surface area contributed by atoms with Crippen LogP contribution in [-0.4, -0.2) is 15.6 Å². The van der Waals surface area contributed by atoms with E-state index in [0.717, 1.165) is 10.6 Å². The fraction of sp³-hybridized carbons (Fsp3) is 0.333. The van der Waals surface area contributed by atoms with Crippen molar-refractivity contribution in [2.45, 2.75) is 26.2 Å². The van der Waals surface area contributed by atoms with Gasteiger partial charge in [0.2, 0.25) is 0 Å². The van der Waals surface area contributed by atoms with E-state index in [-0.39, 0.29) is 5.82 Å². The van der Waals surface area contributed by atoms with Gasteiger partial charge in [0, 0.05) is 17.6 Å². The van der Waals surface area contributed by atoms with E-state index in [9.17, 15) is 14.3 Å². The van der Waals surface area contributed by atoms with Crippen molar-refractivity contribution >= 4 is 23.0 Å². The van der Waals surface area contributed by atoms with Gasteiger partial charge in [-0.1, -0.05) is 6.92 Å². The highest BCUT2D eigenvalue weighted by Crippen LogP contribution is 2.26. The minimum absolute atomic E-state index is 0.307. The molecule has 0 aliphatic rings. The van der Waals surface area contributed by atoms with Gasteiger partial charge in [-0.05, 0) is 37.6 Å². The summed E-state index contributed by atoms with van der Waals surface area (Å²) in [6, 6.07) is 5.90. The summed E-state index contributed by atoms with van der Waals surface area (Å²) in [5.74, 6) is -1.65. The topological polar surface area (TPSA) is 54.6 Å². The maximum absolute atomic E-state index is 12.9. The maximum Gasteiger partial charge on any atom is 0.311 e. The molecule has 0 amide bonds. The van der Waals surface area contributed by atoms with Crippen LogP contribution in [0, 0.1) is 12.7 Å². The molecule has 1 unspecified atom stereocenters. The molecular weight excluding hydrogens is 291 g/mol. The number of halogens is 1. The summed E-state index contributed by atoms with van der Waals surface area (Å²) in [7, 11) is 1.85. The Labute approximate surface area is 126 Å².